The van der Waals surface area contributed by atoms with E-state index in [4.69, 9.17) is 0 Å². The molecule has 0 amide bonds. The Labute approximate surface area is 159 Å². The maximum atomic E-state index is 14.5. The summed E-state index contributed by atoms with van der Waals surface area (Å²) in [6, 6.07) is 10.0. The van der Waals surface area contributed by atoms with E-state index in [1.807, 2.05) is 51.1 Å². The SMILES string of the molecule is CC(C)Nc1nc(N[C@H](C)c2ccccc2)nc(C2=C(F)C(O)CCC2)n1. The van der Waals surface area contributed by atoms with E-state index in [-0.39, 0.29) is 17.9 Å². The van der Waals surface area contributed by atoms with Gasteiger partial charge < -0.3 is 15.7 Å². The summed E-state index contributed by atoms with van der Waals surface area (Å²) in [5, 5.41) is 16.3. The van der Waals surface area contributed by atoms with Gasteiger partial charge in [0.15, 0.2) is 5.82 Å². The Morgan fingerprint density at radius 1 is 1.04 bits per heavy atom. The molecule has 1 aromatic heterocycles. The number of rotatable bonds is 6. The Morgan fingerprint density at radius 3 is 2.37 bits per heavy atom. The molecule has 1 aliphatic carbocycles. The minimum atomic E-state index is -1.08. The fourth-order valence-corrected chi connectivity index (χ4v) is 3.05. The van der Waals surface area contributed by atoms with E-state index < -0.39 is 11.9 Å². The molecule has 2 aromatic rings. The summed E-state index contributed by atoms with van der Waals surface area (Å²) in [6.07, 6.45) is 0.549. The smallest absolute Gasteiger partial charge is 0.228 e. The molecule has 1 unspecified atom stereocenters. The first-order valence-electron chi connectivity index (χ1n) is 9.35. The van der Waals surface area contributed by atoms with Crippen LogP contribution in [0, 0.1) is 0 Å². The van der Waals surface area contributed by atoms with Crippen molar-refractivity contribution in [3.05, 3.63) is 47.5 Å². The number of anilines is 2. The van der Waals surface area contributed by atoms with Crippen LogP contribution >= 0.6 is 0 Å². The van der Waals surface area contributed by atoms with Gasteiger partial charge in [-0.3, -0.25) is 0 Å². The molecule has 6 nitrogen and oxygen atoms in total. The Morgan fingerprint density at radius 2 is 1.70 bits per heavy atom. The maximum absolute atomic E-state index is 14.5. The minimum Gasteiger partial charge on any atom is -0.386 e. The zero-order chi connectivity index (χ0) is 19.4. The molecule has 3 rings (SSSR count). The zero-order valence-electron chi connectivity index (χ0n) is 15.9. The molecule has 2 atom stereocenters. The first-order valence-corrected chi connectivity index (χ1v) is 9.35. The summed E-state index contributed by atoms with van der Waals surface area (Å²) < 4.78 is 14.5. The number of aliphatic hydroxyl groups excluding tert-OH is 1. The average molecular weight is 371 g/mol. The van der Waals surface area contributed by atoms with Crippen LogP contribution in [0.2, 0.25) is 0 Å². The third-order valence-electron chi connectivity index (χ3n) is 4.45. The molecule has 0 spiro atoms. The lowest BCUT2D eigenvalue weighted by atomic mass is 9.96. The maximum Gasteiger partial charge on any atom is 0.228 e. The molecule has 3 N–H and O–H groups in total. The highest BCUT2D eigenvalue weighted by atomic mass is 19.1. The second kappa shape index (κ2) is 8.43. The third-order valence-corrected chi connectivity index (χ3v) is 4.45. The number of halogens is 1. The Bertz CT molecular complexity index is 809. The van der Waals surface area contributed by atoms with E-state index >= 15 is 0 Å². The lowest BCUT2D eigenvalue weighted by molar-refractivity contribution is 0.165. The minimum absolute atomic E-state index is 0.0240. The number of nitrogens with one attached hydrogen (secondary N) is 2. The summed E-state index contributed by atoms with van der Waals surface area (Å²) in [7, 11) is 0. The molecule has 144 valence electrons. The summed E-state index contributed by atoms with van der Waals surface area (Å²) in [5.74, 6) is 0.496. The number of benzene rings is 1. The van der Waals surface area contributed by atoms with Gasteiger partial charge >= 0.3 is 0 Å². The van der Waals surface area contributed by atoms with Crippen molar-refractivity contribution in [2.24, 2.45) is 0 Å². The number of hydrogen-bond donors (Lipinski definition) is 3. The topological polar surface area (TPSA) is 83.0 Å². The van der Waals surface area contributed by atoms with Crippen LogP contribution in [0.4, 0.5) is 16.3 Å². The summed E-state index contributed by atoms with van der Waals surface area (Å²) >= 11 is 0. The van der Waals surface area contributed by atoms with Gasteiger partial charge in [-0.2, -0.15) is 15.0 Å². The average Bonchev–Trinajstić information content (AvgIpc) is 2.64. The number of nitrogens with zero attached hydrogens (tertiary/aromatic N) is 3. The van der Waals surface area contributed by atoms with Crippen molar-refractivity contribution in [3.63, 3.8) is 0 Å². The van der Waals surface area contributed by atoms with Crippen LogP contribution in [-0.4, -0.2) is 32.2 Å². The number of allylic oxidation sites excluding steroid dienone is 1. The molecule has 27 heavy (non-hydrogen) atoms. The molecule has 7 heteroatoms. The molecule has 0 saturated heterocycles. The quantitative estimate of drug-likeness (QED) is 0.709. The first kappa shape index (κ1) is 19.2. The standard InChI is InChI=1S/C20H26FN5O/c1-12(2)22-19-24-18(15-10-7-11-16(27)17(15)21)25-20(26-19)23-13(3)14-8-5-4-6-9-14/h4-6,8-9,12-13,16,27H,7,10-11H2,1-3H3,(H2,22,23,24,25,26)/t13-,16?/m1/s1. The van der Waals surface area contributed by atoms with Gasteiger partial charge in [0, 0.05) is 11.6 Å². The van der Waals surface area contributed by atoms with E-state index in [0.29, 0.717) is 36.7 Å². The van der Waals surface area contributed by atoms with Gasteiger partial charge in [-0.15, -0.1) is 0 Å². The van der Waals surface area contributed by atoms with Crippen LogP contribution in [0.25, 0.3) is 5.57 Å². The number of hydrogen-bond acceptors (Lipinski definition) is 6. The van der Waals surface area contributed by atoms with Gasteiger partial charge in [-0.25, -0.2) is 4.39 Å². The molecule has 0 aliphatic heterocycles. The van der Waals surface area contributed by atoms with Crippen molar-refractivity contribution in [2.45, 2.75) is 58.2 Å². The van der Waals surface area contributed by atoms with Crippen LogP contribution < -0.4 is 10.6 Å². The first-order chi connectivity index (χ1) is 12.9. The largest absolute Gasteiger partial charge is 0.386 e. The molecular formula is C20H26FN5O. The molecule has 1 aromatic carbocycles. The number of aliphatic hydroxyl groups is 1. The normalized spacial score (nSPS) is 18.5. The molecule has 0 fully saturated rings. The van der Waals surface area contributed by atoms with E-state index in [1.165, 1.54) is 0 Å². The second-order valence-electron chi connectivity index (χ2n) is 7.12. The van der Waals surface area contributed by atoms with Gasteiger partial charge in [0.1, 0.15) is 11.9 Å². The molecule has 0 bridgehead atoms. The van der Waals surface area contributed by atoms with Crippen LogP contribution in [0.3, 0.4) is 0 Å². The monoisotopic (exact) mass is 371 g/mol. The predicted molar refractivity (Wildman–Crippen MR) is 105 cm³/mol. The summed E-state index contributed by atoms with van der Waals surface area (Å²) in [4.78, 5) is 13.2. The van der Waals surface area contributed by atoms with Gasteiger partial charge in [-0.05, 0) is 45.6 Å². The fourth-order valence-electron chi connectivity index (χ4n) is 3.05. The van der Waals surface area contributed by atoms with E-state index in [9.17, 15) is 9.50 Å². The lowest BCUT2D eigenvalue weighted by Gasteiger charge is -2.20. The van der Waals surface area contributed by atoms with E-state index in [1.54, 1.807) is 0 Å². The van der Waals surface area contributed by atoms with Crippen molar-refractivity contribution in [2.75, 3.05) is 10.6 Å². The Balaban J connectivity index is 1.95. The predicted octanol–water partition coefficient (Wildman–Crippen LogP) is 4.09. The van der Waals surface area contributed by atoms with E-state index in [2.05, 4.69) is 25.6 Å². The third kappa shape index (κ3) is 4.80. The van der Waals surface area contributed by atoms with Crippen molar-refractivity contribution in [1.82, 2.24) is 15.0 Å². The molecular weight excluding hydrogens is 345 g/mol. The molecule has 1 heterocycles. The van der Waals surface area contributed by atoms with Crippen molar-refractivity contribution in [1.29, 1.82) is 0 Å². The van der Waals surface area contributed by atoms with Gasteiger partial charge in [0.2, 0.25) is 11.9 Å². The molecule has 0 saturated carbocycles. The zero-order valence-corrected chi connectivity index (χ0v) is 15.9. The lowest BCUT2D eigenvalue weighted by Crippen LogP contribution is -2.19. The van der Waals surface area contributed by atoms with Crippen LogP contribution in [0.5, 0.6) is 0 Å². The van der Waals surface area contributed by atoms with Crippen LogP contribution in [0.15, 0.2) is 36.2 Å². The van der Waals surface area contributed by atoms with Gasteiger partial charge in [0.05, 0.1) is 6.04 Å². The molecule has 1 aliphatic rings. The second-order valence-corrected chi connectivity index (χ2v) is 7.12. The highest BCUT2D eigenvalue weighted by Gasteiger charge is 2.25. The Kier molecular flexibility index (Phi) is 6.01. The van der Waals surface area contributed by atoms with Crippen molar-refractivity contribution < 1.29 is 9.50 Å². The van der Waals surface area contributed by atoms with Crippen LogP contribution in [0.1, 0.15) is 57.5 Å². The van der Waals surface area contributed by atoms with Gasteiger partial charge in [-0.1, -0.05) is 30.3 Å². The van der Waals surface area contributed by atoms with E-state index in [0.717, 1.165) is 5.56 Å². The Hall–Kier alpha value is -2.54. The molecule has 0 radical (unpaired) electrons. The van der Waals surface area contributed by atoms with Gasteiger partial charge in [0.25, 0.3) is 0 Å². The summed E-state index contributed by atoms with van der Waals surface area (Å²) in [6.45, 7) is 5.97. The van der Waals surface area contributed by atoms with Crippen molar-refractivity contribution >= 4 is 17.5 Å². The highest BCUT2D eigenvalue weighted by molar-refractivity contribution is 5.65. The highest BCUT2D eigenvalue weighted by Crippen LogP contribution is 2.32. The van der Waals surface area contributed by atoms with Crippen LogP contribution in [-0.2, 0) is 0 Å². The fraction of sp³-hybridized carbons (Fsp3) is 0.450. The number of aromatic nitrogens is 3. The summed E-state index contributed by atoms with van der Waals surface area (Å²) in [5.41, 5.74) is 1.45. The van der Waals surface area contributed by atoms with Crippen molar-refractivity contribution in [3.8, 4) is 0 Å².